The molecular weight excluding hydrogens is 534 g/mol. The number of anilines is 1. The van der Waals surface area contributed by atoms with E-state index < -0.39 is 6.10 Å². The second kappa shape index (κ2) is 13.3. The van der Waals surface area contributed by atoms with Gasteiger partial charge in [0.05, 0.1) is 32.0 Å². The number of fused-ring (bicyclic) bond motifs is 2. The molecule has 1 aliphatic rings. The lowest BCUT2D eigenvalue weighted by Gasteiger charge is -2.34. The first-order valence-corrected chi connectivity index (χ1v) is 14.5. The van der Waals surface area contributed by atoms with Crippen LogP contribution in [-0.4, -0.2) is 82.3 Å². The van der Waals surface area contributed by atoms with Crippen molar-refractivity contribution in [1.82, 2.24) is 19.7 Å². The van der Waals surface area contributed by atoms with Gasteiger partial charge in [0.15, 0.2) is 0 Å². The lowest BCUT2D eigenvalue weighted by atomic mass is 10.0. The van der Waals surface area contributed by atoms with Crippen LogP contribution >= 0.6 is 0 Å². The maximum absolute atomic E-state index is 13.5. The van der Waals surface area contributed by atoms with Crippen LogP contribution in [0.25, 0.3) is 10.9 Å². The third-order valence-corrected chi connectivity index (χ3v) is 7.74. The van der Waals surface area contributed by atoms with E-state index in [0.29, 0.717) is 30.1 Å². The third kappa shape index (κ3) is 7.23. The average Bonchev–Trinajstić information content (AvgIpc) is 3.27. The van der Waals surface area contributed by atoms with E-state index in [0.717, 1.165) is 16.5 Å². The Morgan fingerprint density at radius 2 is 1.90 bits per heavy atom. The normalized spacial score (nSPS) is 18.0. The van der Waals surface area contributed by atoms with Gasteiger partial charge in [-0.15, -0.1) is 0 Å². The first-order valence-electron chi connectivity index (χ1n) is 14.5. The highest BCUT2D eigenvalue weighted by Gasteiger charge is 2.32. The van der Waals surface area contributed by atoms with Gasteiger partial charge in [-0.25, -0.2) is 4.79 Å². The molecule has 0 saturated carbocycles. The number of para-hydroxylation sites is 1. The molecule has 3 atom stereocenters. The van der Waals surface area contributed by atoms with Gasteiger partial charge in [0.25, 0.3) is 0 Å². The monoisotopic (exact) mass is 577 g/mol. The van der Waals surface area contributed by atoms with Crippen molar-refractivity contribution in [3.63, 3.8) is 0 Å². The first-order chi connectivity index (χ1) is 20.0. The summed E-state index contributed by atoms with van der Waals surface area (Å²) in [6, 6.07) is 12.7. The predicted octanol–water partition coefficient (Wildman–Crippen LogP) is 3.56. The van der Waals surface area contributed by atoms with Crippen molar-refractivity contribution >= 4 is 34.4 Å². The SMILES string of the molecule is CC(C)NC(=O)N(C)C[C@@H]1Oc2ccc(NC(=O)Cc3cn(C)c4ccccc34)cc2CC(=O)N([C@H](C)CO)C[C@@H]1C. The summed E-state index contributed by atoms with van der Waals surface area (Å²) in [6.07, 6.45) is 1.81. The van der Waals surface area contributed by atoms with Crippen molar-refractivity contribution in [2.24, 2.45) is 13.0 Å². The summed E-state index contributed by atoms with van der Waals surface area (Å²) in [7, 11) is 3.68. The Hall–Kier alpha value is -4.05. The van der Waals surface area contributed by atoms with Gasteiger partial charge in [0, 0.05) is 61.0 Å². The summed E-state index contributed by atoms with van der Waals surface area (Å²) in [4.78, 5) is 42.5. The van der Waals surface area contributed by atoms with Gasteiger partial charge in [0.2, 0.25) is 11.8 Å². The average molecular weight is 578 g/mol. The molecule has 0 aliphatic carbocycles. The van der Waals surface area contributed by atoms with Gasteiger partial charge in [-0.05, 0) is 50.6 Å². The summed E-state index contributed by atoms with van der Waals surface area (Å²) in [5.41, 5.74) is 3.19. The molecule has 3 N–H and O–H groups in total. The van der Waals surface area contributed by atoms with E-state index in [2.05, 4.69) is 10.6 Å². The number of aliphatic hydroxyl groups excluding tert-OH is 1. The van der Waals surface area contributed by atoms with Gasteiger partial charge in [-0.3, -0.25) is 9.59 Å². The number of nitrogens with zero attached hydrogens (tertiary/aromatic N) is 3. The van der Waals surface area contributed by atoms with E-state index in [4.69, 9.17) is 4.74 Å². The quantitative estimate of drug-likeness (QED) is 0.379. The largest absolute Gasteiger partial charge is 0.488 e. The smallest absolute Gasteiger partial charge is 0.317 e. The number of rotatable bonds is 8. The second-order valence-corrected chi connectivity index (χ2v) is 11.7. The number of carbonyl (C=O) groups is 3. The van der Waals surface area contributed by atoms with Crippen molar-refractivity contribution in [2.45, 2.75) is 58.7 Å². The molecule has 2 heterocycles. The summed E-state index contributed by atoms with van der Waals surface area (Å²) >= 11 is 0. The molecular formula is C32H43N5O5. The number of aromatic nitrogens is 1. The van der Waals surface area contributed by atoms with E-state index in [-0.39, 0.29) is 55.3 Å². The van der Waals surface area contributed by atoms with Gasteiger partial charge in [0.1, 0.15) is 11.9 Å². The third-order valence-electron chi connectivity index (χ3n) is 7.74. The van der Waals surface area contributed by atoms with Crippen LogP contribution in [0.1, 0.15) is 38.8 Å². The number of carbonyl (C=O) groups excluding carboxylic acids is 3. The molecule has 1 aliphatic heterocycles. The Balaban J connectivity index is 1.58. The van der Waals surface area contributed by atoms with Crippen LogP contribution in [0.5, 0.6) is 5.75 Å². The van der Waals surface area contributed by atoms with Gasteiger partial charge in [-0.2, -0.15) is 0 Å². The van der Waals surface area contributed by atoms with Crippen LogP contribution in [0.2, 0.25) is 0 Å². The molecule has 10 heteroatoms. The highest BCUT2D eigenvalue weighted by molar-refractivity contribution is 5.96. The molecule has 1 aromatic heterocycles. The maximum atomic E-state index is 13.5. The zero-order valence-electron chi connectivity index (χ0n) is 25.4. The molecule has 2 aromatic carbocycles. The lowest BCUT2D eigenvalue weighted by molar-refractivity contribution is -0.134. The van der Waals surface area contributed by atoms with Crippen LogP contribution in [-0.2, 0) is 29.5 Å². The van der Waals surface area contributed by atoms with E-state index >= 15 is 0 Å². The summed E-state index contributed by atoms with van der Waals surface area (Å²) in [6.45, 7) is 8.10. The molecule has 10 nitrogen and oxygen atoms in total. The molecule has 0 fully saturated rings. The molecule has 0 radical (unpaired) electrons. The van der Waals surface area contributed by atoms with Crippen LogP contribution in [0.15, 0.2) is 48.7 Å². The van der Waals surface area contributed by atoms with Crippen molar-refractivity contribution in [1.29, 1.82) is 0 Å². The molecule has 3 aromatic rings. The minimum atomic E-state index is -0.419. The Morgan fingerprint density at radius 1 is 1.17 bits per heavy atom. The Bertz CT molecular complexity index is 1430. The summed E-state index contributed by atoms with van der Waals surface area (Å²) in [5, 5.41) is 16.8. The fraction of sp³-hybridized carbons (Fsp3) is 0.469. The van der Waals surface area contributed by atoms with Crippen LogP contribution in [0, 0.1) is 5.92 Å². The minimum absolute atomic E-state index is 0.00712. The second-order valence-electron chi connectivity index (χ2n) is 11.7. The number of amides is 4. The van der Waals surface area contributed by atoms with E-state index in [1.807, 2.05) is 69.8 Å². The number of aliphatic hydroxyl groups is 1. The molecule has 0 saturated heterocycles. The van der Waals surface area contributed by atoms with Gasteiger partial charge >= 0.3 is 6.03 Å². The minimum Gasteiger partial charge on any atom is -0.488 e. The number of ether oxygens (including phenoxy) is 1. The zero-order valence-corrected chi connectivity index (χ0v) is 25.4. The number of aryl methyl sites for hydroxylation is 1. The molecule has 4 amide bonds. The van der Waals surface area contributed by atoms with Crippen LogP contribution < -0.4 is 15.4 Å². The Labute approximate surface area is 247 Å². The zero-order chi connectivity index (χ0) is 30.6. The van der Waals surface area contributed by atoms with Crippen LogP contribution in [0.4, 0.5) is 10.5 Å². The molecule has 0 bridgehead atoms. The van der Waals surface area contributed by atoms with Crippen LogP contribution in [0.3, 0.4) is 0 Å². The van der Waals surface area contributed by atoms with Crippen molar-refractivity contribution in [3.8, 4) is 5.75 Å². The summed E-state index contributed by atoms with van der Waals surface area (Å²) in [5.74, 6) is 0.0900. The number of urea groups is 1. The van der Waals surface area contributed by atoms with E-state index in [1.165, 1.54) is 0 Å². The lowest BCUT2D eigenvalue weighted by Crippen LogP contribution is -2.49. The van der Waals surface area contributed by atoms with Crippen molar-refractivity contribution in [2.75, 3.05) is 32.1 Å². The molecule has 226 valence electrons. The molecule has 0 spiro atoms. The Kier molecular flexibility index (Phi) is 9.78. The number of likely N-dealkylation sites (N-methyl/N-ethyl adjacent to an activating group) is 1. The van der Waals surface area contributed by atoms with Crippen molar-refractivity contribution < 1.29 is 24.2 Å². The highest BCUT2D eigenvalue weighted by Crippen LogP contribution is 2.29. The van der Waals surface area contributed by atoms with Crippen molar-refractivity contribution in [3.05, 3.63) is 59.8 Å². The molecule has 0 unspecified atom stereocenters. The predicted molar refractivity (Wildman–Crippen MR) is 164 cm³/mol. The topological polar surface area (TPSA) is 116 Å². The van der Waals surface area contributed by atoms with E-state index in [1.54, 1.807) is 35.0 Å². The maximum Gasteiger partial charge on any atom is 0.317 e. The van der Waals surface area contributed by atoms with Gasteiger partial charge in [-0.1, -0.05) is 25.1 Å². The fourth-order valence-electron chi connectivity index (χ4n) is 5.38. The van der Waals surface area contributed by atoms with Gasteiger partial charge < -0.3 is 34.8 Å². The Morgan fingerprint density at radius 3 is 2.62 bits per heavy atom. The first kappa shape index (κ1) is 30.9. The fourth-order valence-corrected chi connectivity index (χ4v) is 5.38. The molecule has 4 rings (SSSR count). The highest BCUT2D eigenvalue weighted by atomic mass is 16.5. The number of hydrogen-bond acceptors (Lipinski definition) is 5. The number of nitrogens with one attached hydrogen (secondary N) is 2. The van der Waals surface area contributed by atoms with E-state index in [9.17, 15) is 19.5 Å². The summed E-state index contributed by atoms with van der Waals surface area (Å²) < 4.78 is 8.50. The molecule has 42 heavy (non-hydrogen) atoms. The number of benzene rings is 2. The number of hydrogen-bond donors (Lipinski definition) is 3. The standard InChI is InChI=1S/C32H43N5O5/c1-20(2)33-32(41)36(6)18-29-21(3)16-37(22(4)19-38)31(40)15-23-13-25(11-12-28(23)42-29)34-30(39)14-24-17-35(5)27-10-8-7-9-26(24)27/h7-13,17,20-22,29,38H,14-16,18-19H2,1-6H3,(H,33,41)(H,34,39)/t21-,22+,29-/m0/s1.